The van der Waals surface area contributed by atoms with Crippen molar-refractivity contribution in [3.8, 4) is 0 Å². The van der Waals surface area contributed by atoms with Gasteiger partial charge in [0.15, 0.2) is 0 Å². The summed E-state index contributed by atoms with van der Waals surface area (Å²) in [5, 5.41) is 3.28. The van der Waals surface area contributed by atoms with Crippen molar-refractivity contribution in [3.05, 3.63) is 0 Å². The third-order valence-corrected chi connectivity index (χ3v) is 3.25. The molecular weight excluding hydrogens is 202 g/mol. The molecule has 1 amide bonds. The van der Waals surface area contributed by atoms with Crippen molar-refractivity contribution in [1.29, 1.82) is 0 Å². The second-order valence-corrected chi connectivity index (χ2v) is 4.55. The average Bonchev–Trinajstić information content (AvgIpc) is 2.84. The summed E-state index contributed by atoms with van der Waals surface area (Å²) in [7, 11) is 0. The van der Waals surface area contributed by atoms with E-state index >= 15 is 0 Å². The van der Waals surface area contributed by atoms with E-state index in [1.165, 1.54) is 25.7 Å². The van der Waals surface area contributed by atoms with Crippen molar-refractivity contribution in [3.63, 3.8) is 0 Å². The Balaban J connectivity index is 1.63. The average molecular weight is 223 g/mol. The number of likely N-dealkylation sites (tertiary alicyclic amines) is 1. The van der Waals surface area contributed by atoms with Crippen molar-refractivity contribution < 1.29 is 4.79 Å². The summed E-state index contributed by atoms with van der Waals surface area (Å²) in [5.41, 5.74) is 0. The zero-order valence-corrected chi connectivity index (χ0v) is 9.87. The number of rotatable bonds is 3. The molecule has 0 radical (unpaired) electrons. The zero-order valence-electron chi connectivity index (χ0n) is 9.87. The normalized spacial score (nSPS) is 20.8. The summed E-state index contributed by atoms with van der Waals surface area (Å²) >= 11 is 0. The number of nitrogens with zero attached hydrogens (tertiary/aromatic N) is 2. The molecule has 0 atom stereocenters. The van der Waals surface area contributed by atoms with Crippen LogP contribution in [0.2, 0.25) is 0 Å². The topological polar surface area (TPSA) is 44.7 Å². The number of nitrogens with one attached hydrogen (secondary N) is 1. The van der Waals surface area contributed by atoms with Crippen LogP contribution in [0.15, 0.2) is 4.99 Å². The molecule has 16 heavy (non-hydrogen) atoms. The Morgan fingerprint density at radius 3 is 2.75 bits per heavy atom. The number of carbonyl (C=O) groups is 1. The van der Waals surface area contributed by atoms with Crippen LogP contribution in [0, 0.1) is 0 Å². The molecule has 4 nitrogen and oxygen atoms in total. The van der Waals surface area contributed by atoms with Gasteiger partial charge >= 0.3 is 0 Å². The second-order valence-electron chi connectivity index (χ2n) is 4.55. The summed E-state index contributed by atoms with van der Waals surface area (Å²) < 4.78 is 0. The Kier molecular flexibility index (Phi) is 4.19. The molecule has 2 aliphatic heterocycles. The Bertz CT molecular complexity index is 269. The molecule has 1 N–H and O–H groups in total. The molecule has 1 fully saturated rings. The van der Waals surface area contributed by atoms with E-state index in [2.05, 4.69) is 10.3 Å². The van der Waals surface area contributed by atoms with Gasteiger partial charge in [-0.15, -0.1) is 0 Å². The lowest BCUT2D eigenvalue weighted by Crippen LogP contribution is -2.33. The minimum atomic E-state index is 0.293. The van der Waals surface area contributed by atoms with E-state index < -0.39 is 0 Å². The lowest BCUT2D eigenvalue weighted by Gasteiger charge is -2.17. The summed E-state index contributed by atoms with van der Waals surface area (Å²) in [6.07, 6.45) is 6.44. The number of hydrogen-bond donors (Lipinski definition) is 1. The molecule has 0 aromatic carbocycles. The van der Waals surface area contributed by atoms with Gasteiger partial charge in [-0.1, -0.05) is 0 Å². The van der Waals surface area contributed by atoms with Crippen molar-refractivity contribution >= 4 is 11.7 Å². The molecular formula is C12H21N3O. The van der Waals surface area contributed by atoms with Crippen LogP contribution in [0.4, 0.5) is 0 Å². The molecule has 4 heteroatoms. The molecule has 2 rings (SSSR count). The maximum atomic E-state index is 11.7. The highest BCUT2D eigenvalue weighted by atomic mass is 16.2. The second kappa shape index (κ2) is 5.87. The third kappa shape index (κ3) is 3.22. The Morgan fingerprint density at radius 1 is 1.25 bits per heavy atom. The van der Waals surface area contributed by atoms with Gasteiger partial charge in [-0.25, -0.2) is 0 Å². The Hall–Kier alpha value is -1.06. The molecule has 0 bridgehead atoms. The van der Waals surface area contributed by atoms with E-state index in [1.54, 1.807) is 0 Å². The lowest BCUT2D eigenvalue weighted by molar-refractivity contribution is -0.129. The van der Waals surface area contributed by atoms with Crippen LogP contribution in [-0.4, -0.2) is 42.8 Å². The van der Waals surface area contributed by atoms with Crippen molar-refractivity contribution in [2.45, 2.75) is 38.5 Å². The quantitative estimate of drug-likeness (QED) is 0.780. The number of aliphatic imine (C=N–C) groups is 1. The van der Waals surface area contributed by atoms with Crippen LogP contribution >= 0.6 is 0 Å². The highest BCUT2D eigenvalue weighted by Crippen LogP contribution is 2.08. The first-order chi connectivity index (χ1) is 7.86. The van der Waals surface area contributed by atoms with Gasteiger partial charge in [0.05, 0.1) is 5.84 Å². The van der Waals surface area contributed by atoms with Gasteiger partial charge in [-0.05, 0) is 25.7 Å². The van der Waals surface area contributed by atoms with Crippen LogP contribution in [0.25, 0.3) is 0 Å². The van der Waals surface area contributed by atoms with E-state index in [1.807, 2.05) is 4.90 Å². The van der Waals surface area contributed by atoms with E-state index in [4.69, 9.17) is 0 Å². The molecule has 2 aliphatic rings. The highest BCUT2D eigenvalue weighted by molar-refractivity contribution is 5.83. The molecule has 0 saturated carbocycles. The first-order valence-electron chi connectivity index (χ1n) is 6.41. The molecule has 1 saturated heterocycles. The fourth-order valence-corrected chi connectivity index (χ4v) is 2.28. The van der Waals surface area contributed by atoms with Crippen LogP contribution in [0.1, 0.15) is 38.5 Å². The molecule has 0 aromatic rings. The lowest BCUT2D eigenvalue weighted by atomic mass is 10.2. The molecule has 90 valence electrons. The zero-order chi connectivity index (χ0) is 11.2. The van der Waals surface area contributed by atoms with E-state index in [0.29, 0.717) is 12.3 Å². The van der Waals surface area contributed by atoms with Crippen LogP contribution in [0.3, 0.4) is 0 Å². The summed E-state index contributed by atoms with van der Waals surface area (Å²) in [4.78, 5) is 18.1. The standard InChI is InChI=1S/C12H21N3O/c16-12(15-9-3-4-10-15)6-8-14-11-5-1-2-7-13-11/h1-10H2,(H,13,14). The summed E-state index contributed by atoms with van der Waals surface area (Å²) in [5.74, 6) is 1.39. The van der Waals surface area contributed by atoms with Gasteiger partial charge < -0.3 is 10.2 Å². The number of hydrogen-bond acceptors (Lipinski definition) is 3. The monoisotopic (exact) mass is 223 g/mol. The maximum Gasteiger partial charge on any atom is 0.224 e. The van der Waals surface area contributed by atoms with Crippen molar-refractivity contribution in [2.75, 3.05) is 26.2 Å². The van der Waals surface area contributed by atoms with Gasteiger partial charge in [0, 0.05) is 39.0 Å². The van der Waals surface area contributed by atoms with Crippen LogP contribution in [0.5, 0.6) is 0 Å². The Labute approximate surface area is 97.1 Å². The molecule has 0 aromatic heterocycles. The van der Waals surface area contributed by atoms with Crippen molar-refractivity contribution in [1.82, 2.24) is 10.2 Å². The largest absolute Gasteiger partial charge is 0.373 e. The minimum absolute atomic E-state index is 0.293. The van der Waals surface area contributed by atoms with Crippen LogP contribution < -0.4 is 5.32 Å². The molecule has 0 unspecified atom stereocenters. The van der Waals surface area contributed by atoms with Gasteiger partial charge in [-0.2, -0.15) is 0 Å². The Morgan fingerprint density at radius 2 is 2.06 bits per heavy atom. The number of carbonyl (C=O) groups excluding carboxylic acids is 1. The first-order valence-corrected chi connectivity index (χ1v) is 6.41. The van der Waals surface area contributed by atoms with E-state index in [9.17, 15) is 4.79 Å². The minimum Gasteiger partial charge on any atom is -0.373 e. The maximum absolute atomic E-state index is 11.7. The van der Waals surface area contributed by atoms with E-state index in [0.717, 1.165) is 38.4 Å². The fraction of sp³-hybridized carbons (Fsp3) is 0.833. The van der Waals surface area contributed by atoms with Gasteiger partial charge in [0.25, 0.3) is 0 Å². The van der Waals surface area contributed by atoms with E-state index in [-0.39, 0.29) is 0 Å². The molecule has 0 spiro atoms. The van der Waals surface area contributed by atoms with Gasteiger partial charge in [-0.3, -0.25) is 9.79 Å². The predicted molar refractivity (Wildman–Crippen MR) is 64.6 cm³/mol. The third-order valence-electron chi connectivity index (χ3n) is 3.25. The fourth-order valence-electron chi connectivity index (χ4n) is 2.28. The predicted octanol–water partition coefficient (Wildman–Crippen LogP) is 1.17. The molecule has 0 aliphatic carbocycles. The summed E-state index contributed by atoms with van der Waals surface area (Å²) in [6, 6.07) is 0. The highest BCUT2D eigenvalue weighted by Gasteiger charge is 2.17. The van der Waals surface area contributed by atoms with Crippen molar-refractivity contribution in [2.24, 2.45) is 4.99 Å². The SMILES string of the molecule is O=C(CCNC1=NCCCC1)N1CCCC1. The number of amidine groups is 1. The first kappa shape index (κ1) is 11.4. The molecule has 2 heterocycles. The van der Waals surface area contributed by atoms with Gasteiger partial charge in [0.2, 0.25) is 5.91 Å². The van der Waals surface area contributed by atoms with Crippen LogP contribution in [-0.2, 0) is 4.79 Å². The number of amides is 1. The smallest absolute Gasteiger partial charge is 0.224 e. The van der Waals surface area contributed by atoms with Gasteiger partial charge in [0.1, 0.15) is 0 Å². The summed E-state index contributed by atoms with van der Waals surface area (Å²) in [6.45, 7) is 3.61.